The lowest BCUT2D eigenvalue weighted by Crippen LogP contribution is -2.51. The van der Waals surface area contributed by atoms with Gasteiger partial charge in [-0.05, 0) is 12.8 Å². The van der Waals surface area contributed by atoms with Gasteiger partial charge in [0, 0.05) is 45.9 Å². The van der Waals surface area contributed by atoms with E-state index in [-0.39, 0.29) is 12.5 Å². The minimum absolute atomic E-state index is 0.0743. The van der Waals surface area contributed by atoms with E-state index in [1.54, 1.807) is 0 Å². The van der Waals surface area contributed by atoms with E-state index in [9.17, 15) is 4.79 Å². The molecular weight excluding hydrogens is 246 g/mol. The fraction of sp³-hybridized carbons (Fsp3) is 0.923. The molecule has 0 bridgehead atoms. The van der Waals surface area contributed by atoms with Gasteiger partial charge in [-0.3, -0.25) is 9.69 Å². The number of nitrogens with zero attached hydrogens (tertiary/aromatic N) is 2. The van der Waals surface area contributed by atoms with Crippen LogP contribution in [0.5, 0.6) is 0 Å². The molecule has 6 nitrogen and oxygen atoms in total. The summed E-state index contributed by atoms with van der Waals surface area (Å²) in [6.07, 6.45) is 2.75. The molecule has 1 unspecified atom stereocenters. The molecular formula is C13H25N3O3. The largest absolute Gasteiger partial charge is 0.377 e. The van der Waals surface area contributed by atoms with Crippen LogP contribution in [0, 0.1) is 0 Å². The fourth-order valence-corrected chi connectivity index (χ4v) is 2.59. The third-order valence-electron chi connectivity index (χ3n) is 3.70. The lowest BCUT2D eigenvalue weighted by atomic mass is 10.2. The second-order valence-electron chi connectivity index (χ2n) is 5.16. The summed E-state index contributed by atoms with van der Waals surface area (Å²) in [5, 5.41) is 0. The average Bonchev–Trinajstić information content (AvgIpc) is 2.93. The average molecular weight is 271 g/mol. The Labute approximate surface area is 114 Å². The van der Waals surface area contributed by atoms with Gasteiger partial charge in [-0.15, -0.1) is 0 Å². The van der Waals surface area contributed by atoms with Gasteiger partial charge >= 0.3 is 0 Å². The highest BCUT2D eigenvalue weighted by Crippen LogP contribution is 2.14. The molecule has 0 aliphatic carbocycles. The van der Waals surface area contributed by atoms with Crippen LogP contribution < -0.4 is 5.73 Å². The van der Waals surface area contributed by atoms with Gasteiger partial charge in [0.2, 0.25) is 5.91 Å². The maximum absolute atomic E-state index is 11.8. The molecule has 110 valence electrons. The molecule has 19 heavy (non-hydrogen) atoms. The van der Waals surface area contributed by atoms with E-state index >= 15 is 0 Å². The number of piperazine rings is 1. The van der Waals surface area contributed by atoms with Crippen molar-refractivity contribution in [3.63, 3.8) is 0 Å². The van der Waals surface area contributed by atoms with E-state index in [0.717, 1.165) is 39.3 Å². The Hall–Kier alpha value is -0.690. The second kappa shape index (κ2) is 7.79. The van der Waals surface area contributed by atoms with Crippen LogP contribution in [0.15, 0.2) is 0 Å². The first-order valence-corrected chi connectivity index (χ1v) is 7.19. The van der Waals surface area contributed by atoms with Crippen LogP contribution in [0.3, 0.4) is 0 Å². The molecule has 2 rings (SSSR count). The number of hydrogen-bond donors (Lipinski definition) is 1. The molecule has 1 atom stereocenters. The predicted octanol–water partition coefficient (Wildman–Crippen LogP) is -0.715. The summed E-state index contributed by atoms with van der Waals surface area (Å²) in [7, 11) is 0. The highest BCUT2D eigenvalue weighted by Gasteiger charge is 2.24. The highest BCUT2D eigenvalue weighted by molar-refractivity contribution is 5.77. The number of carbonyl (C=O) groups excluding carboxylic acids is 1. The zero-order chi connectivity index (χ0) is 13.5. The van der Waals surface area contributed by atoms with Crippen LogP contribution in [0.4, 0.5) is 0 Å². The van der Waals surface area contributed by atoms with E-state index in [1.807, 2.05) is 4.90 Å². The minimum Gasteiger partial charge on any atom is -0.377 e. The maximum Gasteiger partial charge on any atom is 0.248 e. The molecule has 2 saturated heterocycles. The molecule has 1 amide bonds. The van der Waals surface area contributed by atoms with Crippen molar-refractivity contribution in [2.75, 3.05) is 59.1 Å². The molecule has 2 N–H and O–H groups in total. The molecule has 2 fully saturated rings. The first-order valence-electron chi connectivity index (χ1n) is 7.19. The van der Waals surface area contributed by atoms with Crippen molar-refractivity contribution in [2.45, 2.75) is 18.9 Å². The van der Waals surface area contributed by atoms with Crippen molar-refractivity contribution in [1.82, 2.24) is 9.80 Å². The zero-order valence-corrected chi connectivity index (χ0v) is 11.6. The van der Waals surface area contributed by atoms with E-state index in [4.69, 9.17) is 15.2 Å². The van der Waals surface area contributed by atoms with Gasteiger partial charge in [0.25, 0.3) is 0 Å². The summed E-state index contributed by atoms with van der Waals surface area (Å²) < 4.78 is 10.8. The smallest absolute Gasteiger partial charge is 0.248 e. The summed E-state index contributed by atoms with van der Waals surface area (Å²) in [4.78, 5) is 16.1. The molecule has 0 aromatic carbocycles. The minimum atomic E-state index is 0.0743. The standard InChI is InChI=1S/C13H25N3O3/c14-3-9-18-11-13(17)16-6-4-15(5-7-16)10-12-2-1-8-19-12/h12H,1-11,14H2. The van der Waals surface area contributed by atoms with Gasteiger partial charge < -0.3 is 20.1 Å². The maximum atomic E-state index is 11.8. The van der Waals surface area contributed by atoms with Crippen molar-refractivity contribution in [1.29, 1.82) is 0 Å². The lowest BCUT2D eigenvalue weighted by Gasteiger charge is -2.35. The van der Waals surface area contributed by atoms with Gasteiger partial charge in [-0.25, -0.2) is 0 Å². The first kappa shape index (κ1) is 14.7. The van der Waals surface area contributed by atoms with Gasteiger partial charge in [0.1, 0.15) is 6.61 Å². The lowest BCUT2D eigenvalue weighted by molar-refractivity contribution is -0.137. The van der Waals surface area contributed by atoms with Crippen LogP contribution in [-0.4, -0.2) is 80.9 Å². The van der Waals surface area contributed by atoms with Crippen molar-refractivity contribution in [3.05, 3.63) is 0 Å². The molecule has 0 aromatic heterocycles. The van der Waals surface area contributed by atoms with Gasteiger partial charge in [0.05, 0.1) is 12.7 Å². The molecule has 0 saturated carbocycles. The Morgan fingerprint density at radius 1 is 1.32 bits per heavy atom. The third kappa shape index (κ3) is 4.72. The van der Waals surface area contributed by atoms with Gasteiger partial charge in [0.15, 0.2) is 0 Å². The number of amides is 1. The molecule has 2 aliphatic heterocycles. The Morgan fingerprint density at radius 3 is 2.74 bits per heavy atom. The molecule has 0 spiro atoms. The van der Waals surface area contributed by atoms with E-state index in [1.165, 1.54) is 12.8 Å². The Kier molecular flexibility index (Phi) is 6.03. The van der Waals surface area contributed by atoms with Crippen molar-refractivity contribution >= 4 is 5.91 Å². The Bertz CT molecular complexity index is 274. The van der Waals surface area contributed by atoms with Gasteiger partial charge in [-0.2, -0.15) is 0 Å². The van der Waals surface area contributed by atoms with E-state index in [0.29, 0.717) is 19.3 Å². The Balaban J connectivity index is 1.62. The van der Waals surface area contributed by atoms with Crippen molar-refractivity contribution in [2.24, 2.45) is 5.73 Å². The summed E-state index contributed by atoms with van der Waals surface area (Å²) >= 11 is 0. The number of nitrogens with two attached hydrogens (primary N) is 1. The van der Waals surface area contributed by atoms with Crippen molar-refractivity contribution < 1.29 is 14.3 Å². The monoisotopic (exact) mass is 271 g/mol. The SMILES string of the molecule is NCCOCC(=O)N1CCN(CC2CCCO2)CC1. The van der Waals surface area contributed by atoms with Crippen LogP contribution in [0.2, 0.25) is 0 Å². The number of carbonyl (C=O) groups is 1. The number of ether oxygens (including phenoxy) is 2. The summed E-state index contributed by atoms with van der Waals surface area (Å²) in [5.41, 5.74) is 5.32. The molecule has 2 aliphatic rings. The van der Waals surface area contributed by atoms with E-state index < -0.39 is 0 Å². The van der Waals surface area contributed by atoms with Crippen LogP contribution >= 0.6 is 0 Å². The predicted molar refractivity (Wildman–Crippen MR) is 71.9 cm³/mol. The number of rotatable bonds is 6. The van der Waals surface area contributed by atoms with Gasteiger partial charge in [-0.1, -0.05) is 0 Å². The summed E-state index contributed by atoms with van der Waals surface area (Å²) in [5.74, 6) is 0.0743. The zero-order valence-electron chi connectivity index (χ0n) is 11.6. The van der Waals surface area contributed by atoms with Crippen LogP contribution in [0.25, 0.3) is 0 Å². The quantitative estimate of drug-likeness (QED) is 0.646. The molecule has 0 aromatic rings. The Morgan fingerprint density at radius 2 is 2.11 bits per heavy atom. The topological polar surface area (TPSA) is 68.0 Å². The molecule has 0 radical (unpaired) electrons. The first-order chi connectivity index (χ1) is 9.29. The highest BCUT2D eigenvalue weighted by atomic mass is 16.5. The molecule has 6 heteroatoms. The van der Waals surface area contributed by atoms with E-state index in [2.05, 4.69) is 4.90 Å². The fourth-order valence-electron chi connectivity index (χ4n) is 2.59. The summed E-state index contributed by atoms with van der Waals surface area (Å²) in [6.45, 7) is 6.42. The van der Waals surface area contributed by atoms with Crippen LogP contribution in [-0.2, 0) is 14.3 Å². The molecule has 2 heterocycles. The van der Waals surface area contributed by atoms with Crippen LogP contribution in [0.1, 0.15) is 12.8 Å². The van der Waals surface area contributed by atoms with Crippen molar-refractivity contribution in [3.8, 4) is 0 Å². The third-order valence-corrected chi connectivity index (χ3v) is 3.70. The number of hydrogen-bond acceptors (Lipinski definition) is 5. The normalized spacial score (nSPS) is 24.9. The second-order valence-corrected chi connectivity index (χ2v) is 5.16. The summed E-state index contributed by atoms with van der Waals surface area (Å²) in [6, 6.07) is 0.